The Bertz CT molecular complexity index is 813. The number of hydrogen-bond acceptors (Lipinski definition) is 5. The first-order valence-corrected chi connectivity index (χ1v) is 9.98. The number of aromatic nitrogens is 1. The molecule has 1 aromatic heterocycles. The van der Waals surface area contributed by atoms with Gasteiger partial charge in [-0.3, -0.25) is 4.90 Å². The van der Waals surface area contributed by atoms with Crippen LogP contribution in [0.5, 0.6) is 0 Å². The molecule has 2 bridgehead atoms. The standard InChI is InChI=1S/C20H21N3O2S/c1-22-13-8-10-14(22)16(11-9-13)25-20(24)23-15-5-2-3-6-17(15)26-18-7-4-12-21-19(18)23/h2-7,12-14,16H,8-11H2,1H3/t13-,14+,16+/m0/s1. The van der Waals surface area contributed by atoms with Gasteiger partial charge in [-0.2, -0.15) is 0 Å². The highest BCUT2D eigenvalue weighted by Gasteiger charge is 2.43. The summed E-state index contributed by atoms with van der Waals surface area (Å²) in [6.07, 6.45) is 5.74. The van der Waals surface area contributed by atoms with E-state index in [0.29, 0.717) is 17.9 Å². The molecule has 5 nitrogen and oxygen atoms in total. The number of carbonyl (C=O) groups excluding carboxylic acids is 1. The number of carbonyl (C=O) groups is 1. The quantitative estimate of drug-likeness (QED) is 0.745. The van der Waals surface area contributed by atoms with E-state index in [0.717, 1.165) is 34.7 Å². The second-order valence-electron chi connectivity index (χ2n) is 7.19. The maximum atomic E-state index is 13.2. The molecule has 4 heterocycles. The number of hydrogen-bond donors (Lipinski definition) is 0. The maximum absolute atomic E-state index is 13.2. The highest BCUT2D eigenvalue weighted by Crippen LogP contribution is 2.47. The number of rotatable bonds is 1. The minimum absolute atomic E-state index is 0.0415. The number of benzene rings is 1. The van der Waals surface area contributed by atoms with Gasteiger partial charge in [0.05, 0.1) is 10.6 Å². The summed E-state index contributed by atoms with van der Waals surface area (Å²) in [5.41, 5.74) is 0.849. The van der Waals surface area contributed by atoms with E-state index in [4.69, 9.17) is 4.74 Å². The van der Waals surface area contributed by atoms with Gasteiger partial charge in [0, 0.05) is 23.2 Å². The molecule has 2 saturated heterocycles. The topological polar surface area (TPSA) is 45.7 Å². The van der Waals surface area contributed by atoms with Crippen molar-refractivity contribution in [3.8, 4) is 0 Å². The van der Waals surface area contributed by atoms with Crippen molar-refractivity contribution in [2.24, 2.45) is 0 Å². The molecule has 0 aliphatic carbocycles. The molecule has 26 heavy (non-hydrogen) atoms. The van der Waals surface area contributed by atoms with Crippen LogP contribution >= 0.6 is 11.8 Å². The number of fused-ring (bicyclic) bond motifs is 4. The average Bonchev–Trinajstić information content (AvgIpc) is 2.89. The molecule has 0 saturated carbocycles. The summed E-state index contributed by atoms with van der Waals surface area (Å²) < 4.78 is 6.04. The minimum atomic E-state index is -0.318. The Morgan fingerprint density at radius 3 is 2.85 bits per heavy atom. The molecule has 3 aliphatic heterocycles. The number of nitrogens with zero attached hydrogens (tertiary/aromatic N) is 3. The van der Waals surface area contributed by atoms with Crippen molar-refractivity contribution >= 4 is 29.4 Å². The molecule has 0 N–H and O–H groups in total. The molecule has 6 heteroatoms. The predicted octanol–water partition coefficient (Wildman–Crippen LogP) is 4.45. The van der Waals surface area contributed by atoms with Crippen LogP contribution in [0.15, 0.2) is 52.4 Å². The molecule has 3 aliphatic rings. The molecular weight excluding hydrogens is 346 g/mol. The van der Waals surface area contributed by atoms with Crippen molar-refractivity contribution < 1.29 is 9.53 Å². The number of ether oxygens (including phenoxy) is 1. The van der Waals surface area contributed by atoms with Crippen LogP contribution in [0.2, 0.25) is 0 Å². The lowest BCUT2D eigenvalue weighted by Gasteiger charge is -2.38. The summed E-state index contributed by atoms with van der Waals surface area (Å²) in [5.74, 6) is 0.662. The van der Waals surface area contributed by atoms with Gasteiger partial charge in [-0.15, -0.1) is 0 Å². The number of likely N-dealkylation sites (N-methyl/N-ethyl adjacent to an activating group) is 1. The molecular formula is C20H21N3O2S. The Hall–Kier alpha value is -2.05. The Kier molecular flexibility index (Phi) is 3.90. The lowest BCUT2D eigenvalue weighted by atomic mass is 10.0. The molecule has 5 rings (SSSR count). The van der Waals surface area contributed by atoms with Crippen LogP contribution in [0.25, 0.3) is 0 Å². The summed E-state index contributed by atoms with van der Waals surface area (Å²) in [5, 5.41) is 0. The van der Waals surface area contributed by atoms with Crippen molar-refractivity contribution in [3.63, 3.8) is 0 Å². The number of pyridine rings is 1. The van der Waals surface area contributed by atoms with Gasteiger partial charge in [0.1, 0.15) is 6.10 Å². The average molecular weight is 367 g/mol. The highest BCUT2D eigenvalue weighted by atomic mass is 32.2. The Morgan fingerprint density at radius 1 is 1.12 bits per heavy atom. The number of amides is 1. The lowest BCUT2D eigenvalue weighted by molar-refractivity contribution is 0.0143. The highest BCUT2D eigenvalue weighted by molar-refractivity contribution is 7.99. The van der Waals surface area contributed by atoms with Crippen LogP contribution in [0.3, 0.4) is 0 Å². The fourth-order valence-corrected chi connectivity index (χ4v) is 5.51. The van der Waals surface area contributed by atoms with E-state index in [1.54, 1.807) is 22.9 Å². The zero-order valence-electron chi connectivity index (χ0n) is 14.7. The van der Waals surface area contributed by atoms with Crippen LogP contribution in [0.1, 0.15) is 25.7 Å². The van der Waals surface area contributed by atoms with E-state index in [1.807, 2.05) is 36.4 Å². The van der Waals surface area contributed by atoms with Crippen molar-refractivity contribution in [2.45, 2.75) is 53.7 Å². The summed E-state index contributed by atoms with van der Waals surface area (Å²) >= 11 is 1.64. The largest absolute Gasteiger partial charge is 0.444 e. The van der Waals surface area contributed by atoms with E-state index in [1.165, 1.54) is 6.42 Å². The van der Waals surface area contributed by atoms with Gasteiger partial charge in [0.25, 0.3) is 0 Å². The Balaban J connectivity index is 1.47. The molecule has 2 fully saturated rings. The van der Waals surface area contributed by atoms with Crippen molar-refractivity contribution in [2.75, 3.05) is 11.9 Å². The Labute approximate surface area is 157 Å². The van der Waals surface area contributed by atoms with Gasteiger partial charge in [-0.05, 0) is 57.0 Å². The number of anilines is 2. The summed E-state index contributed by atoms with van der Waals surface area (Å²) in [6.45, 7) is 0. The molecule has 3 atom stereocenters. The molecule has 1 amide bonds. The van der Waals surface area contributed by atoms with Gasteiger partial charge < -0.3 is 4.74 Å². The third kappa shape index (κ3) is 2.51. The SMILES string of the molecule is CN1[C@H]2CC[C@@H]1[C@H](OC(=O)N1c3ccccc3Sc3cccnc31)CC2. The third-order valence-corrected chi connectivity index (χ3v) is 6.94. The van der Waals surface area contributed by atoms with Crippen molar-refractivity contribution in [1.29, 1.82) is 0 Å². The van der Waals surface area contributed by atoms with Gasteiger partial charge in [0.15, 0.2) is 5.82 Å². The van der Waals surface area contributed by atoms with Crippen molar-refractivity contribution in [3.05, 3.63) is 42.6 Å². The van der Waals surface area contributed by atoms with Gasteiger partial charge in [-0.1, -0.05) is 23.9 Å². The summed E-state index contributed by atoms with van der Waals surface area (Å²) in [7, 11) is 2.16. The maximum Gasteiger partial charge on any atom is 0.420 e. The molecule has 134 valence electrons. The van der Waals surface area contributed by atoms with Crippen LogP contribution in [0.4, 0.5) is 16.3 Å². The first kappa shape index (κ1) is 16.1. The van der Waals surface area contributed by atoms with Crippen LogP contribution in [-0.2, 0) is 4.74 Å². The molecule has 0 spiro atoms. The monoisotopic (exact) mass is 367 g/mol. The van der Waals surface area contributed by atoms with Crippen LogP contribution in [0, 0.1) is 0 Å². The Morgan fingerprint density at radius 2 is 1.92 bits per heavy atom. The van der Waals surface area contributed by atoms with Gasteiger partial charge in [-0.25, -0.2) is 14.7 Å². The molecule has 1 aromatic carbocycles. The first-order chi connectivity index (χ1) is 12.7. The minimum Gasteiger partial charge on any atom is -0.444 e. The first-order valence-electron chi connectivity index (χ1n) is 9.17. The second-order valence-corrected chi connectivity index (χ2v) is 8.28. The number of para-hydroxylation sites is 1. The lowest BCUT2D eigenvalue weighted by Crippen LogP contribution is -2.48. The van der Waals surface area contributed by atoms with Crippen LogP contribution < -0.4 is 4.90 Å². The fourth-order valence-electron chi connectivity index (χ4n) is 4.48. The smallest absolute Gasteiger partial charge is 0.420 e. The zero-order chi connectivity index (χ0) is 17.7. The van der Waals surface area contributed by atoms with E-state index < -0.39 is 0 Å². The van der Waals surface area contributed by atoms with E-state index >= 15 is 0 Å². The van der Waals surface area contributed by atoms with E-state index in [9.17, 15) is 4.79 Å². The molecule has 0 radical (unpaired) electrons. The fraction of sp³-hybridized carbons (Fsp3) is 0.400. The molecule has 2 aromatic rings. The zero-order valence-corrected chi connectivity index (χ0v) is 15.5. The van der Waals surface area contributed by atoms with Crippen molar-refractivity contribution in [1.82, 2.24) is 9.88 Å². The third-order valence-electron chi connectivity index (χ3n) is 5.83. The van der Waals surface area contributed by atoms with E-state index in [2.05, 4.69) is 16.9 Å². The second kappa shape index (κ2) is 6.28. The van der Waals surface area contributed by atoms with Gasteiger partial charge >= 0.3 is 6.09 Å². The molecule has 0 unspecified atom stereocenters. The normalized spacial score (nSPS) is 27.0. The van der Waals surface area contributed by atoms with E-state index in [-0.39, 0.29) is 12.2 Å². The van der Waals surface area contributed by atoms with Crippen LogP contribution in [-0.4, -0.2) is 41.2 Å². The number of piperidine rings is 1. The summed E-state index contributed by atoms with van der Waals surface area (Å²) in [4.78, 5) is 23.7. The van der Waals surface area contributed by atoms with Gasteiger partial charge in [0.2, 0.25) is 0 Å². The summed E-state index contributed by atoms with van der Waals surface area (Å²) in [6, 6.07) is 12.8. The predicted molar refractivity (Wildman–Crippen MR) is 101 cm³/mol.